The highest BCUT2D eigenvalue weighted by atomic mass is 16.6. The fourth-order valence-corrected chi connectivity index (χ4v) is 1.57. The van der Waals surface area contributed by atoms with Crippen molar-refractivity contribution in [2.45, 2.75) is 59.0 Å². The Morgan fingerprint density at radius 2 is 2.00 bits per heavy atom. The van der Waals surface area contributed by atoms with Gasteiger partial charge in [0.15, 0.2) is 0 Å². The number of rotatable bonds is 4. The molecule has 0 bridgehead atoms. The van der Waals surface area contributed by atoms with E-state index in [1.807, 2.05) is 27.7 Å². The standard InChI is InChI=1S/C13H22O2/c1-6-12(4,5)11(14)15-13(10(2)3)8-7-9-13/h2,6-9H2,1,3-5H3. The second-order valence-electron chi connectivity index (χ2n) is 5.26. The first kappa shape index (κ1) is 12.3. The Kier molecular flexibility index (Phi) is 3.27. The van der Waals surface area contributed by atoms with Crippen molar-refractivity contribution in [2.75, 3.05) is 0 Å². The van der Waals surface area contributed by atoms with Gasteiger partial charge in [0.05, 0.1) is 5.41 Å². The van der Waals surface area contributed by atoms with Crippen LogP contribution in [0.2, 0.25) is 0 Å². The molecule has 0 aromatic rings. The van der Waals surface area contributed by atoms with E-state index in [9.17, 15) is 4.79 Å². The van der Waals surface area contributed by atoms with Gasteiger partial charge in [-0.1, -0.05) is 13.5 Å². The summed E-state index contributed by atoms with van der Waals surface area (Å²) >= 11 is 0. The summed E-state index contributed by atoms with van der Waals surface area (Å²) in [6.07, 6.45) is 3.81. The predicted octanol–water partition coefficient (Wildman–Crippen LogP) is 3.46. The molecule has 0 spiro atoms. The highest BCUT2D eigenvalue weighted by molar-refractivity contribution is 5.76. The van der Waals surface area contributed by atoms with Crippen LogP contribution in [0.3, 0.4) is 0 Å². The van der Waals surface area contributed by atoms with Crippen LogP contribution in [0.15, 0.2) is 12.2 Å². The van der Waals surface area contributed by atoms with E-state index < -0.39 is 0 Å². The number of carbonyl (C=O) groups is 1. The number of hydrogen-bond acceptors (Lipinski definition) is 2. The molecule has 0 atom stereocenters. The van der Waals surface area contributed by atoms with Crippen molar-refractivity contribution in [3.8, 4) is 0 Å². The third-order valence-electron chi connectivity index (χ3n) is 3.66. The van der Waals surface area contributed by atoms with Crippen LogP contribution in [0.4, 0.5) is 0 Å². The lowest BCUT2D eigenvalue weighted by molar-refractivity contribution is -0.174. The average molecular weight is 210 g/mol. The second kappa shape index (κ2) is 3.99. The van der Waals surface area contributed by atoms with E-state index in [2.05, 4.69) is 6.58 Å². The maximum atomic E-state index is 11.9. The number of ether oxygens (including phenoxy) is 1. The molecule has 1 rings (SSSR count). The number of esters is 1. The van der Waals surface area contributed by atoms with Crippen molar-refractivity contribution < 1.29 is 9.53 Å². The lowest BCUT2D eigenvalue weighted by atomic mass is 9.75. The fourth-order valence-electron chi connectivity index (χ4n) is 1.57. The smallest absolute Gasteiger partial charge is 0.312 e. The maximum absolute atomic E-state index is 11.9. The van der Waals surface area contributed by atoms with E-state index in [4.69, 9.17) is 4.74 Å². The Balaban J connectivity index is 2.69. The molecule has 1 saturated carbocycles. The van der Waals surface area contributed by atoms with Gasteiger partial charge in [-0.25, -0.2) is 0 Å². The third kappa shape index (κ3) is 2.24. The molecule has 86 valence electrons. The minimum Gasteiger partial charge on any atom is -0.454 e. The fraction of sp³-hybridized carbons (Fsp3) is 0.769. The van der Waals surface area contributed by atoms with Crippen LogP contribution in [-0.2, 0) is 9.53 Å². The van der Waals surface area contributed by atoms with Crippen LogP contribution in [0, 0.1) is 5.41 Å². The lowest BCUT2D eigenvalue weighted by Crippen LogP contribution is -2.45. The Bertz CT molecular complexity index is 272. The highest BCUT2D eigenvalue weighted by Gasteiger charge is 2.44. The molecular weight excluding hydrogens is 188 g/mol. The Hall–Kier alpha value is -0.790. The van der Waals surface area contributed by atoms with E-state index in [0.29, 0.717) is 0 Å². The number of hydrogen-bond donors (Lipinski definition) is 0. The van der Waals surface area contributed by atoms with Crippen LogP contribution in [-0.4, -0.2) is 11.6 Å². The van der Waals surface area contributed by atoms with E-state index in [0.717, 1.165) is 31.3 Å². The molecule has 0 aromatic heterocycles. The molecule has 0 N–H and O–H groups in total. The summed E-state index contributed by atoms with van der Waals surface area (Å²) in [5.41, 5.74) is 0.260. The van der Waals surface area contributed by atoms with Crippen molar-refractivity contribution in [1.82, 2.24) is 0 Å². The zero-order valence-corrected chi connectivity index (χ0v) is 10.4. The van der Waals surface area contributed by atoms with Gasteiger partial charge in [0, 0.05) is 0 Å². The Morgan fingerprint density at radius 1 is 1.47 bits per heavy atom. The topological polar surface area (TPSA) is 26.3 Å². The van der Waals surface area contributed by atoms with Gasteiger partial charge in [-0.2, -0.15) is 0 Å². The van der Waals surface area contributed by atoms with Crippen LogP contribution < -0.4 is 0 Å². The molecule has 15 heavy (non-hydrogen) atoms. The van der Waals surface area contributed by atoms with Crippen molar-refractivity contribution in [3.63, 3.8) is 0 Å². The molecule has 1 aliphatic carbocycles. The van der Waals surface area contributed by atoms with E-state index in [1.165, 1.54) is 0 Å². The van der Waals surface area contributed by atoms with Crippen LogP contribution >= 0.6 is 0 Å². The quantitative estimate of drug-likeness (QED) is 0.524. The van der Waals surface area contributed by atoms with Gasteiger partial charge in [0.1, 0.15) is 5.60 Å². The average Bonchev–Trinajstić information content (AvgIpc) is 2.10. The number of carbonyl (C=O) groups excluding carboxylic acids is 1. The van der Waals surface area contributed by atoms with Crippen molar-refractivity contribution in [1.29, 1.82) is 0 Å². The van der Waals surface area contributed by atoms with E-state index >= 15 is 0 Å². The first-order valence-corrected chi connectivity index (χ1v) is 5.73. The van der Waals surface area contributed by atoms with Crippen LogP contribution in [0.25, 0.3) is 0 Å². The first-order chi connectivity index (χ1) is 6.84. The summed E-state index contributed by atoms with van der Waals surface area (Å²) in [4.78, 5) is 11.9. The SMILES string of the molecule is C=C(C)C1(OC(=O)C(C)(C)CC)CCC1. The molecular formula is C13H22O2. The van der Waals surface area contributed by atoms with Crippen molar-refractivity contribution >= 4 is 5.97 Å². The summed E-state index contributed by atoms with van der Waals surface area (Å²) in [6, 6.07) is 0. The molecule has 2 heteroatoms. The van der Waals surface area contributed by atoms with Gasteiger partial charge in [0.25, 0.3) is 0 Å². The lowest BCUT2D eigenvalue weighted by Gasteiger charge is -2.43. The minimum absolute atomic E-state index is 0.0901. The van der Waals surface area contributed by atoms with Crippen LogP contribution in [0.1, 0.15) is 53.4 Å². The first-order valence-electron chi connectivity index (χ1n) is 5.73. The Labute approximate surface area is 92.7 Å². The molecule has 0 radical (unpaired) electrons. The maximum Gasteiger partial charge on any atom is 0.312 e. The molecule has 0 amide bonds. The molecule has 0 aliphatic heterocycles. The normalized spacial score (nSPS) is 19.2. The Morgan fingerprint density at radius 3 is 2.27 bits per heavy atom. The van der Waals surface area contributed by atoms with E-state index in [-0.39, 0.29) is 17.0 Å². The molecule has 1 fully saturated rings. The summed E-state index contributed by atoms with van der Waals surface area (Å²) in [5, 5.41) is 0. The molecule has 0 aromatic carbocycles. The van der Waals surface area contributed by atoms with E-state index in [1.54, 1.807) is 0 Å². The van der Waals surface area contributed by atoms with Gasteiger partial charge in [-0.05, 0) is 52.0 Å². The minimum atomic E-state index is -0.377. The summed E-state index contributed by atoms with van der Waals surface area (Å²) in [5.74, 6) is -0.0901. The van der Waals surface area contributed by atoms with Crippen molar-refractivity contribution in [2.24, 2.45) is 5.41 Å². The largest absolute Gasteiger partial charge is 0.454 e. The summed E-state index contributed by atoms with van der Waals surface area (Å²) in [7, 11) is 0. The zero-order chi connectivity index (χ0) is 11.7. The van der Waals surface area contributed by atoms with Gasteiger partial charge in [-0.15, -0.1) is 0 Å². The highest BCUT2D eigenvalue weighted by Crippen LogP contribution is 2.42. The van der Waals surface area contributed by atoms with Gasteiger partial charge in [-0.3, -0.25) is 4.79 Å². The summed E-state index contributed by atoms with van der Waals surface area (Å²) < 4.78 is 5.65. The van der Waals surface area contributed by atoms with Gasteiger partial charge < -0.3 is 4.74 Å². The van der Waals surface area contributed by atoms with Gasteiger partial charge in [0.2, 0.25) is 0 Å². The molecule has 2 nitrogen and oxygen atoms in total. The molecule has 0 heterocycles. The van der Waals surface area contributed by atoms with Crippen LogP contribution in [0.5, 0.6) is 0 Å². The summed E-state index contributed by atoms with van der Waals surface area (Å²) in [6.45, 7) is 11.8. The molecule has 1 aliphatic rings. The molecule has 0 unspecified atom stereocenters. The third-order valence-corrected chi connectivity index (χ3v) is 3.66. The monoisotopic (exact) mass is 210 g/mol. The van der Waals surface area contributed by atoms with Gasteiger partial charge >= 0.3 is 5.97 Å². The van der Waals surface area contributed by atoms with Crippen molar-refractivity contribution in [3.05, 3.63) is 12.2 Å². The second-order valence-corrected chi connectivity index (χ2v) is 5.26. The molecule has 0 saturated heterocycles. The predicted molar refractivity (Wildman–Crippen MR) is 61.6 cm³/mol. The zero-order valence-electron chi connectivity index (χ0n) is 10.4.